The van der Waals surface area contributed by atoms with E-state index < -0.39 is 0 Å². The molecule has 1 heterocycles. The first-order valence-electron chi connectivity index (χ1n) is 9.35. The molecule has 0 saturated carbocycles. The summed E-state index contributed by atoms with van der Waals surface area (Å²) in [5, 5.41) is 3.00. The number of anilines is 1. The van der Waals surface area contributed by atoms with Crippen LogP contribution in [0.5, 0.6) is 11.5 Å². The molecule has 2 aromatic carbocycles. The van der Waals surface area contributed by atoms with Gasteiger partial charge in [-0.05, 0) is 28.7 Å². The molecule has 0 spiro atoms. The zero-order valence-corrected chi connectivity index (χ0v) is 17.9. The lowest BCUT2D eigenvalue weighted by Gasteiger charge is -2.26. The summed E-state index contributed by atoms with van der Waals surface area (Å²) in [6.45, 7) is 7.32. The van der Waals surface area contributed by atoms with Gasteiger partial charge in [-0.15, -0.1) is 11.8 Å². The highest BCUT2D eigenvalue weighted by molar-refractivity contribution is 7.99. The van der Waals surface area contributed by atoms with E-state index in [1.165, 1.54) is 5.56 Å². The van der Waals surface area contributed by atoms with Crippen LogP contribution in [0.1, 0.15) is 37.3 Å². The number of nitrogens with one attached hydrogen (secondary N) is 1. The van der Waals surface area contributed by atoms with Crippen molar-refractivity contribution in [3.05, 3.63) is 53.6 Å². The Balaban J connectivity index is 1.76. The van der Waals surface area contributed by atoms with E-state index >= 15 is 0 Å². The summed E-state index contributed by atoms with van der Waals surface area (Å²) < 4.78 is 10.6. The summed E-state index contributed by atoms with van der Waals surface area (Å²) >= 11 is 1.79. The average Bonchev–Trinajstić information content (AvgIpc) is 3.17. The Bertz CT molecular complexity index is 831. The number of ether oxygens (including phenoxy) is 2. The van der Waals surface area contributed by atoms with Crippen molar-refractivity contribution in [1.29, 1.82) is 0 Å². The van der Waals surface area contributed by atoms with Gasteiger partial charge in [-0.1, -0.05) is 45.0 Å². The first-order valence-corrected chi connectivity index (χ1v) is 10.4. The fourth-order valence-corrected chi connectivity index (χ4v) is 4.45. The van der Waals surface area contributed by atoms with E-state index in [0.29, 0.717) is 23.7 Å². The van der Waals surface area contributed by atoms with Crippen molar-refractivity contribution in [2.75, 3.05) is 31.8 Å². The number of amides is 2. The molecule has 5 nitrogen and oxygen atoms in total. The number of nitrogens with zero attached hydrogens (tertiary/aromatic N) is 1. The maximum Gasteiger partial charge on any atom is 0.323 e. The predicted molar refractivity (Wildman–Crippen MR) is 116 cm³/mol. The number of methoxy groups -OCH3 is 2. The van der Waals surface area contributed by atoms with E-state index in [1.807, 2.05) is 4.90 Å². The van der Waals surface area contributed by atoms with Crippen LogP contribution in [0.15, 0.2) is 42.5 Å². The Labute approximate surface area is 171 Å². The van der Waals surface area contributed by atoms with Crippen LogP contribution in [0.3, 0.4) is 0 Å². The molecule has 1 aliphatic rings. The molecule has 2 amide bonds. The Morgan fingerprint density at radius 1 is 1.11 bits per heavy atom. The molecule has 6 heteroatoms. The van der Waals surface area contributed by atoms with E-state index in [9.17, 15) is 4.79 Å². The smallest absolute Gasteiger partial charge is 0.323 e. The molecule has 1 saturated heterocycles. The Hall–Kier alpha value is -2.34. The number of rotatable bonds is 4. The third-order valence-electron chi connectivity index (χ3n) is 4.86. The molecular formula is C22H28N2O3S. The number of hydrogen-bond donors (Lipinski definition) is 1. The molecular weight excluding hydrogens is 372 g/mol. The summed E-state index contributed by atoms with van der Waals surface area (Å²) in [6, 6.07) is 13.8. The van der Waals surface area contributed by atoms with Crippen LogP contribution < -0.4 is 14.8 Å². The highest BCUT2D eigenvalue weighted by atomic mass is 32.2. The third kappa shape index (κ3) is 4.38. The molecule has 0 aromatic heterocycles. The third-order valence-corrected chi connectivity index (χ3v) is 6.12. The summed E-state index contributed by atoms with van der Waals surface area (Å²) in [5.74, 6) is 2.17. The van der Waals surface area contributed by atoms with Gasteiger partial charge in [0.15, 0.2) is 0 Å². The van der Waals surface area contributed by atoms with Crippen molar-refractivity contribution >= 4 is 23.5 Å². The number of hydrogen-bond acceptors (Lipinski definition) is 4. The molecule has 0 radical (unpaired) electrons. The first-order chi connectivity index (χ1) is 13.3. The molecule has 2 aromatic rings. The lowest BCUT2D eigenvalue weighted by Crippen LogP contribution is -2.34. The Morgan fingerprint density at radius 3 is 2.43 bits per heavy atom. The van der Waals surface area contributed by atoms with Crippen molar-refractivity contribution < 1.29 is 14.3 Å². The minimum absolute atomic E-state index is 0.0123. The van der Waals surface area contributed by atoms with Gasteiger partial charge >= 0.3 is 6.03 Å². The first kappa shape index (κ1) is 20.4. The monoisotopic (exact) mass is 400 g/mol. The summed E-state index contributed by atoms with van der Waals surface area (Å²) in [7, 11) is 3.18. The summed E-state index contributed by atoms with van der Waals surface area (Å²) in [5.41, 5.74) is 3.18. The fourth-order valence-electron chi connectivity index (χ4n) is 3.19. The van der Waals surface area contributed by atoms with Crippen LogP contribution in [-0.2, 0) is 5.41 Å². The normalized spacial score (nSPS) is 16.8. The summed E-state index contributed by atoms with van der Waals surface area (Å²) in [4.78, 5) is 14.8. The second-order valence-corrected chi connectivity index (χ2v) is 8.97. The Kier molecular flexibility index (Phi) is 6.08. The number of benzene rings is 2. The van der Waals surface area contributed by atoms with E-state index in [-0.39, 0.29) is 16.8 Å². The van der Waals surface area contributed by atoms with Gasteiger partial charge in [0.05, 0.1) is 19.9 Å². The zero-order chi connectivity index (χ0) is 20.3. The minimum atomic E-state index is -0.127. The van der Waals surface area contributed by atoms with Gasteiger partial charge in [-0.25, -0.2) is 4.79 Å². The molecule has 0 bridgehead atoms. The van der Waals surface area contributed by atoms with Crippen molar-refractivity contribution in [3.63, 3.8) is 0 Å². The number of carbonyl (C=O) groups is 1. The second-order valence-electron chi connectivity index (χ2n) is 7.78. The van der Waals surface area contributed by atoms with Gasteiger partial charge in [0.1, 0.15) is 16.9 Å². The van der Waals surface area contributed by atoms with Crippen LogP contribution in [0, 0.1) is 0 Å². The van der Waals surface area contributed by atoms with Crippen molar-refractivity contribution in [2.45, 2.75) is 31.6 Å². The number of urea groups is 1. The van der Waals surface area contributed by atoms with Crippen molar-refractivity contribution in [1.82, 2.24) is 4.90 Å². The SMILES string of the molecule is COc1ccc(NC(=O)N2CCS[C@H]2c2ccc(C(C)(C)C)cc2)c(OC)c1. The highest BCUT2D eigenvalue weighted by Gasteiger charge is 2.31. The maximum atomic E-state index is 13.0. The molecule has 1 N–H and O–H groups in total. The van der Waals surface area contributed by atoms with Crippen molar-refractivity contribution in [3.8, 4) is 11.5 Å². The quantitative estimate of drug-likeness (QED) is 0.758. The largest absolute Gasteiger partial charge is 0.497 e. The molecule has 1 aliphatic heterocycles. The molecule has 28 heavy (non-hydrogen) atoms. The molecule has 1 fully saturated rings. The van der Waals surface area contributed by atoms with Gasteiger partial charge in [-0.2, -0.15) is 0 Å². The fraction of sp³-hybridized carbons (Fsp3) is 0.409. The van der Waals surface area contributed by atoms with Crippen LogP contribution in [0.2, 0.25) is 0 Å². The van der Waals surface area contributed by atoms with Crippen LogP contribution in [0.25, 0.3) is 0 Å². The van der Waals surface area contributed by atoms with Gasteiger partial charge in [0.25, 0.3) is 0 Å². The molecule has 3 rings (SSSR count). The van der Waals surface area contributed by atoms with E-state index in [1.54, 1.807) is 44.2 Å². The molecule has 0 aliphatic carbocycles. The molecule has 1 atom stereocenters. The van der Waals surface area contributed by atoms with Crippen LogP contribution in [0.4, 0.5) is 10.5 Å². The van der Waals surface area contributed by atoms with Crippen LogP contribution in [-0.4, -0.2) is 37.4 Å². The van der Waals surface area contributed by atoms with E-state index in [4.69, 9.17) is 9.47 Å². The topological polar surface area (TPSA) is 50.8 Å². The number of thioether (sulfide) groups is 1. The van der Waals surface area contributed by atoms with Gasteiger partial charge in [-0.3, -0.25) is 0 Å². The van der Waals surface area contributed by atoms with Gasteiger partial charge in [0.2, 0.25) is 0 Å². The minimum Gasteiger partial charge on any atom is -0.497 e. The molecule has 0 unspecified atom stereocenters. The highest BCUT2D eigenvalue weighted by Crippen LogP contribution is 2.39. The Morgan fingerprint density at radius 2 is 1.82 bits per heavy atom. The van der Waals surface area contributed by atoms with E-state index in [2.05, 4.69) is 50.4 Å². The van der Waals surface area contributed by atoms with Crippen molar-refractivity contribution in [2.24, 2.45) is 0 Å². The lowest BCUT2D eigenvalue weighted by molar-refractivity contribution is 0.214. The van der Waals surface area contributed by atoms with Gasteiger partial charge < -0.3 is 19.7 Å². The van der Waals surface area contributed by atoms with Gasteiger partial charge in [0, 0.05) is 18.4 Å². The predicted octanol–water partition coefficient (Wildman–Crippen LogP) is 5.28. The lowest BCUT2D eigenvalue weighted by atomic mass is 9.87. The summed E-state index contributed by atoms with van der Waals surface area (Å²) in [6.07, 6.45) is 0. The van der Waals surface area contributed by atoms with Crippen LogP contribution >= 0.6 is 11.8 Å². The standard InChI is InChI=1S/C22H28N2O3S/c1-22(2,3)16-8-6-15(7-9-16)20-24(12-13-28-20)21(25)23-18-11-10-17(26-4)14-19(18)27-5/h6-11,14,20H,12-13H2,1-5H3,(H,23,25)/t20-/m0/s1. The van der Waals surface area contributed by atoms with E-state index in [0.717, 1.165) is 11.3 Å². The number of carbonyl (C=O) groups excluding carboxylic acids is 1. The average molecular weight is 401 g/mol. The second kappa shape index (κ2) is 8.35. The maximum absolute atomic E-state index is 13.0. The zero-order valence-electron chi connectivity index (χ0n) is 17.1. The molecule has 150 valence electrons.